The highest BCUT2D eigenvalue weighted by molar-refractivity contribution is 7.80. The topological polar surface area (TPSA) is 241 Å². The lowest BCUT2D eigenvalue weighted by atomic mass is 10.0. The van der Waals surface area contributed by atoms with Gasteiger partial charge in [-0.3, -0.25) is 19.4 Å². The molecule has 0 aliphatic rings. The third kappa shape index (κ3) is 12.6. The van der Waals surface area contributed by atoms with E-state index in [0.717, 1.165) is 0 Å². The maximum Gasteiger partial charge on any atom is 0.327 e. The number of guanidine groups is 1. The monoisotopic (exact) mass is 504 g/mol. The van der Waals surface area contributed by atoms with E-state index in [1.807, 2.05) is 0 Å². The Morgan fingerprint density at radius 3 is 1.82 bits per heavy atom. The van der Waals surface area contributed by atoms with E-state index in [-0.39, 0.29) is 37.0 Å². The number of thiol groups is 1. The van der Waals surface area contributed by atoms with E-state index >= 15 is 0 Å². The summed E-state index contributed by atoms with van der Waals surface area (Å²) in [5.74, 6) is -3.44. The van der Waals surface area contributed by atoms with Crippen molar-refractivity contribution in [3.8, 4) is 0 Å². The molecule has 0 aliphatic heterocycles. The maximum absolute atomic E-state index is 13.0. The first-order valence-electron chi connectivity index (χ1n) is 11.2. The molecular formula is C20H40N8O5S. The number of carboxylic acids is 1. The number of carboxylic acid groups (broad SMARTS) is 1. The minimum atomic E-state index is -1.26. The van der Waals surface area contributed by atoms with Crippen molar-refractivity contribution < 1.29 is 24.3 Å². The number of amides is 3. The Bertz CT molecular complexity index is 702. The number of aliphatic imine (C=N–C) groups is 1. The summed E-state index contributed by atoms with van der Waals surface area (Å²) in [6.07, 6.45) is 1.95. The first-order valence-corrected chi connectivity index (χ1v) is 11.8. The highest BCUT2D eigenvalue weighted by atomic mass is 32.1. The average Bonchev–Trinajstić information content (AvgIpc) is 2.77. The molecule has 0 fully saturated rings. The molecular weight excluding hydrogens is 464 g/mol. The van der Waals surface area contributed by atoms with Crippen LogP contribution in [0.4, 0.5) is 0 Å². The van der Waals surface area contributed by atoms with Crippen molar-refractivity contribution in [3.63, 3.8) is 0 Å². The fourth-order valence-corrected chi connectivity index (χ4v) is 3.08. The molecule has 14 heteroatoms. The smallest absolute Gasteiger partial charge is 0.327 e. The molecule has 0 saturated carbocycles. The second-order valence-electron chi connectivity index (χ2n) is 8.21. The van der Waals surface area contributed by atoms with Gasteiger partial charge < -0.3 is 44.0 Å². The van der Waals surface area contributed by atoms with E-state index in [0.29, 0.717) is 25.8 Å². The van der Waals surface area contributed by atoms with Gasteiger partial charge in [-0.15, -0.1) is 0 Å². The SMILES string of the molecule is CC(C)C(N)C(=O)NC(CCCCN)C(=O)NC(CCCN=C(N)N)C(=O)NC(CS)C(=O)O. The first-order chi connectivity index (χ1) is 15.9. The number of aliphatic carboxylic acids is 1. The molecule has 0 aliphatic carbocycles. The van der Waals surface area contributed by atoms with Gasteiger partial charge in [0.2, 0.25) is 17.7 Å². The minimum absolute atomic E-state index is 0.116. The summed E-state index contributed by atoms with van der Waals surface area (Å²) in [4.78, 5) is 53.4. The third-order valence-electron chi connectivity index (χ3n) is 4.98. The highest BCUT2D eigenvalue weighted by Crippen LogP contribution is 2.07. The number of hydrogen-bond acceptors (Lipinski definition) is 8. The van der Waals surface area contributed by atoms with Crippen LogP contribution in [-0.2, 0) is 19.2 Å². The predicted molar refractivity (Wildman–Crippen MR) is 133 cm³/mol. The Balaban J connectivity index is 5.52. The molecule has 0 rings (SSSR count). The van der Waals surface area contributed by atoms with E-state index in [1.165, 1.54) is 0 Å². The molecule has 13 nitrogen and oxygen atoms in total. The Labute approximate surface area is 205 Å². The molecule has 0 heterocycles. The van der Waals surface area contributed by atoms with Gasteiger partial charge in [0, 0.05) is 12.3 Å². The fraction of sp³-hybridized carbons (Fsp3) is 0.750. The van der Waals surface area contributed by atoms with Crippen molar-refractivity contribution >= 4 is 42.3 Å². The minimum Gasteiger partial charge on any atom is -0.480 e. The third-order valence-corrected chi connectivity index (χ3v) is 5.34. The van der Waals surface area contributed by atoms with Gasteiger partial charge in [0.1, 0.15) is 18.1 Å². The number of nitrogens with two attached hydrogens (primary N) is 4. The van der Waals surface area contributed by atoms with Crippen LogP contribution in [0.15, 0.2) is 4.99 Å². The lowest BCUT2D eigenvalue weighted by Crippen LogP contribution is -2.57. The zero-order valence-electron chi connectivity index (χ0n) is 19.8. The number of rotatable bonds is 17. The van der Waals surface area contributed by atoms with Gasteiger partial charge in [0.25, 0.3) is 0 Å². The summed E-state index contributed by atoms with van der Waals surface area (Å²) in [6.45, 7) is 4.19. The Hall–Kier alpha value is -2.58. The summed E-state index contributed by atoms with van der Waals surface area (Å²) in [7, 11) is 0. The van der Waals surface area contributed by atoms with Gasteiger partial charge in [0.05, 0.1) is 6.04 Å². The second kappa shape index (κ2) is 16.9. The zero-order valence-corrected chi connectivity index (χ0v) is 20.7. The normalized spacial score (nSPS) is 14.4. The van der Waals surface area contributed by atoms with E-state index in [2.05, 4.69) is 33.6 Å². The van der Waals surface area contributed by atoms with Crippen molar-refractivity contribution in [2.75, 3.05) is 18.8 Å². The van der Waals surface area contributed by atoms with E-state index < -0.39 is 47.9 Å². The van der Waals surface area contributed by atoms with Gasteiger partial charge in [-0.1, -0.05) is 13.8 Å². The number of nitrogens with one attached hydrogen (secondary N) is 3. The Morgan fingerprint density at radius 2 is 1.38 bits per heavy atom. The predicted octanol–water partition coefficient (Wildman–Crippen LogP) is -2.38. The van der Waals surface area contributed by atoms with Crippen LogP contribution in [0.5, 0.6) is 0 Å². The number of carbonyl (C=O) groups excluding carboxylic acids is 3. The molecule has 3 amide bonds. The quantitative estimate of drug-likeness (QED) is 0.0444. The van der Waals surface area contributed by atoms with Gasteiger partial charge in [-0.05, 0) is 44.6 Å². The zero-order chi connectivity index (χ0) is 26.3. The summed E-state index contributed by atoms with van der Waals surface area (Å²) in [5, 5.41) is 16.8. The molecule has 34 heavy (non-hydrogen) atoms. The molecule has 0 aromatic heterocycles. The van der Waals surface area contributed by atoms with Crippen molar-refractivity contribution in [2.24, 2.45) is 33.8 Å². The van der Waals surface area contributed by atoms with Crippen LogP contribution in [0.1, 0.15) is 46.0 Å². The van der Waals surface area contributed by atoms with E-state index in [4.69, 9.17) is 22.9 Å². The highest BCUT2D eigenvalue weighted by Gasteiger charge is 2.30. The number of unbranched alkanes of at least 4 members (excludes halogenated alkanes) is 1. The molecule has 0 bridgehead atoms. The van der Waals surface area contributed by atoms with Gasteiger partial charge in [0.15, 0.2) is 5.96 Å². The van der Waals surface area contributed by atoms with Crippen molar-refractivity contribution in [1.82, 2.24) is 16.0 Å². The number of hydrogen-bond donors (Lipinski definition) is 9. The lowest BCUT2D eigenvalue weighted by Gasteiger charge is -2.25. The van der Waals surface area contributed by atoms with Crippen molar-refractivity contribution in [1.29, 1.82) is 0 Å². The van der Waals surface area contributed by atoms with Crippen LogP contribution in [0.25, 0.3) is 0 Å². The van der Waals surface area contributed by atoms with E-state index in [9.17, 15) is 24.3 Å². The first kappa shape index (κ1) is 31.4. The largest absolute Gasteiger partial charge is 0.480 e. The molecule has 12 N–H and O–H groups in total. The summed E-state index contributed by atoms with van der Waals surface area (Å²) in [6, 6.07) is -4.08. The fourth-order valence-electron chi connectivity index (χ4n) is 2.83. The summed E-state index contributed by atoms with van der Waals surface area (Å²) >= 11 is 3.93. The molecule has 0 saturated heterocycles. The molecule has 4 atom stereocenters. The number of nitrogens with zero attached hydrogens (tertiary/aromatic N) is 1. The van der Waals surface area contributed by atoms with Crippen molar-refractivity contribution in [3.05, 3.63) is 0 Å². The standard InChI is InChI=1S/C20H40N8O5S/c1-11(2)15(22)18(31)27-12(6-3-4-8-21)16(29)26-13(7-5-9-25-20(23)24)17(30)28-14(10-34)19(32)33/h11-15,34H,3-10,21-22H2,1-2H3,(H,26,29)(H,27,31)(H,28,30)(H,32,33)(H4,23,24,25). The number of carbonyl (C=O) groups is 4. The van der Waals surface area contributed by atoms with Crippen LogP contribution < -0.4 is 38.9 Å². The Kier molecular flexibility index (Phi) is 15.7. The molecule has 0 aromatic rings. The van der Waals surface area contributed by atoms with Gasteiger partial charge >= 0.3 is 5.97 Å². The summed E-state index contributed by atoms with van der Waals surface area (Å²) < 4.78 is 0. The Morgan fingerprint density at radius 1 is 0.882 bits per heavy atom. The van der Waals surface area contributed by atoms with Crippen LogP contribution in [-0.4, -0.2) is 77.8 Å². The van der Waals surface area contributed by atoms with Crippen LogP contribution in [0, 0.1) is 5.92 Å². The molecule has 0 radical (unpaired) electrons. The second-order valence-corrected chi connectivity index (χ2v) is 8.57. The van der Waals surface area contributed by atoms with E-state index in [1.54, 1.807) is 13.8 Å². The molecule has 0 spiro atoms. The molecule has 4 unspecified atom stereocenters. The van der Waals surface area contributed by atoms with Gasteiger partial charge in [-0.2, -0.15) is 12.6 Å². The average molecular weight is 505 g/mol. The summed E-state index contributed by atoms with van der Waals surface area (Å²) in [5.41, 5.74) is 22.0. The lowest BCUT2D eigenvalue weighted by molar-refractivity contribution is -0.141. The van der Waals surface area contributed by atoms with Gasteiger partial charge in [-0.25, -0.2) is 4.79 Å². The van der Waals surface area contributed by atoms with Crippen LogP contribution in [0.3, 0.4) is 0 Å². The molecule has 0 aromatic carbocycles. The van der Waals surface area contributed by atoms with Crippen molar-refractivity contribution in [2.45, 2.75) is 70.1 Å². The van der Waals surface area contributed by atoms with Crippen LogP contribution >= 0.6 is 12.6 Å². The molecule has 196 valence electrons. The van der Waals surface area contributed by atoms with Crippen LogP contribution in [0.2, 0.25) is 0 Å². The maximum atomic E-state index is 13.0.